The van der Waals surface area contributed by atoms with Crippen molar-refractivity contribution in [1.82, 2.24) is 10.2 Å². The van der Waals surface area contributed by atoms with Gasteiger partial charge in [-0.3, -0.25) is 0 Å². The maximum Gasteiger partial charge on any atom is 0.317 e. The number of unbranched alkanes of at least 4 members (excludes halogenated alkanes) is 1. The van der Waals surface area contributed by atoms with Crippen molar-refractivity contribution in [2.24, 2.45) is 5.92 Å². The second-order valence-electron chi connectivity index (χ2n) is 5.15. The molecule has 1 aliphatic rings. The van der Waals surface area contributed by atoms with Gasteiger partial charge in [0.05, 0.1) is 0 Å². The van der Waals surface area contributed by atoms with Gasteiger partial charge >= 0.3 is 6.03 Å². The first-order valence-corrected chi connectivity index (χ1v) is 7.30. The molecule has 1 fully saturated rings. The number of nitrogens with zero attached hydrogens (tertiary/aromatic N) is 1. The van der Waals surface area contributed by atoms with Gasteiger partial charge in [0.1, 0.15) is 0 Å². The average Bonchev–Trinajstić information content (AvgIpc) is 2.39. The summed E-state index contributed by atoms with van der Waals surface area (Å²) in [5.41, 5.74) is 0. The zero-order chi connectivity index (χ0) is 12.5. The van der Waals surface area contributed by atoms with Crippen LogP contribution in [0.2, 0.25) is 0 Å². The van der Waals surface area contributed by atoms with Gasteiger partial charge < -0.3 is 10.2 Å². The summed E-state index contributed by atoms with van der Waals surface area (Å²) in [4.78, 5) is 13.9. The Morgan fingerprint density at radius 1 is 1.24 bits per heavy atom. The van der Waals surface area contributed by atoms with Gasteiger partial charge in [0.25, 0.3) is 0 Å². The van der Waals surface area contributed by atoms with Crippen LogP contribution in [0.5, 0.6) is 0 Å². The summed E-state index contributed by atoms with van der Waals surface area (Å²) in [5.74, 6) is 0.656. The van der Waals surface area contributed by atoms with Crippen molar-refractivity contribution in [3.8, 4) is 0 Å². The Labute approximate surface area is 106 Å². The van der Waals surface area contributed by atoms with Gasteiger partial charge in [-0.2, -0.15) is 0 Å². The van der Waals surface area contributed by atoms with Crippen molar-refractivity contribution in [2.75, 3.05) is 19.6 Å². The Hall–Kier alpha value is -0.730. The molecule has 0 aromatic carbocycles. The number of nitrogens with one attached hydrogen (secondary N) is 1. The van der Waals surface area contributed by atoms with E-state index in [4.69, 9.17) is 0 Å². The Bertz CT molecular complexity index is 212. The van der Waals surface area contributed by atoms with Crippen molar-refractivity contribution in [2.45, 2.75) is 58.8 Å². The molecule has 1 rings (SSSR count). The molecule has 0 aliphatic carbocycles. The maximum absolute atomic E-state index is 11.9. The van der Waals surface area contributed by atoms with Crippen LogP contribution in [-0.2, 0) is 0 Å². The number of carbonyl (C=O) groups is 1. The molecule has 0 bridgehead atoms. The zero-order valence-corrected chi connectivity index (χ0v) is 11.5. The van der Waals surface area contributed by atoms with Crippen LogP contribution in [0.15, 0.2) is 0 Å². The molecule has 1 saturated heterocycles. The number of likely N-dealkylation sites (tertiary alicyclic amines) is 1. The lowest BCUT2D eigenvalue weighted by Crippen LogP contribution is -2.44. The normalized spacial score (nSPS) is 17.9. The first kappa shape index (κ1) is 14.3. The molecular weight excluding hydrogens is 212 g/mol. The van der Waals surface area contributed by atoms with Crippen molar-refractivity contribution >= 4 is 6.03 Å². The molecule has 1 N–H and O–H groups in total. The first-order valence-electron chi connectivity index (χ1n) is 7.30. The molecule has 3 heteroatoms. The zero-order valence-electron chi connectivity index (χ0n) is 11.5. The minimum atomic E-state index is 0.152. The summed E-state index contributed by atoms with van der Waals surface area (Å²) in [6, 6.07) is 0.152. The standard InChI is InChI=1S/C14H28N2O/c1-3-5-9-13(4-2)12-15-14(17)16-10-7-6-8-11-16/h13H,3-12H2,1-2H3,(H,15,17). The average molecular weight is 240 g/mol. The van der Waals surface area contributed by atoms with E-state index in [0.29, 0.717) is 5.92 Å². The van der Waals surface area contributed by atoms with Gasteiger partial charge in [-0.25, -0.2) is 4.79 Å². The number of hydrogen-bond donors (Lipinski definition) is 1. The van der Waals surface area contributed by atoms with Crippen LogP contribution in [0.4, 0.5) is 4.79 Å². The summed E-state index contributed by atoms with van der Waals surface area (Å²) < 4.78 is 0. The highest BCUT2D eigenvalue weighted by atomic mass is 16.2. The molecule has 0 aromatic heterocycles. The van der Waals surface area contributed by atoms with Crippen LogP contribution >= 0.6 is 0 Å². The fourth-order valence-electron chi connectivity index (χ4n) is 2.38. The fourth-order valence-corrected chi connectivity index (χ4v) is 2.38. The predicted octanol–water partition coefficient (Wildman–Crippen LogP) is 3.40. The highest BCUT2D eigenvalue weighted by Gasteiger charge is 2.16. The molecular formula is C14H28N2O. The van der Waals surface area contributed by atoms with E-state index >= 15 is 0 Å². The first-order chi connectivity index (χ1) is 8.27. The topological polar surface area (TPSA) is 32.3 Å². The van der Waals surface area contributed by atoms with Crippen molar-refractivity contribution in [3.63, 3.8) is 0 Å². The van der Waals surface area contributed by atoms with Crippen LogP contribution in [0.1, 0.15) is 58.8 Å². The molecule has 100 valence electrons. The lowest BCUT2D eigenvalue weighted by Gasteiger charge is -2.27. The number of hydrogen-bond acceptors (Lipinski definition) is 1. The van der Waals surface area contributed by atoms with Crippen LogP contribution in [0.3, 0.4) is 0 Å². The van der Waals surface area contributed by atoms with Gasteiger partial charge in [0.2, 0.25) is 0 Å². The number of urea groups is 1. The predicted molar refractivity (Wildman–Crippen MR) is 72.1 cm³/mol. The molecule has 2 amide bonds. The summed E-state index contributed by atoms with van der Waals surface area (Å²) in [6.45, 7) is 7.17. The lowest BCUT2D eigenvalue weighted by molar-refractivity contribution is 0.184. The Morgan fingerprint density at radius 2 is 1.94 bits per heavy atom. The third-order valence-corrected chi connectivity index (χ3v) is 3.73. The third kappa shape index (κ3) is 5.42. The van der Waals surface area contributed by atoms with Crippen LogP contribution in [0, 0.1) is 5.92 Å². The molecule has 0 saturated carbocycles. The summed E-state index contributed by atoms with van der Waals surface area (Å²) in [6.07, 6.45) is 8.54. The van der Waals surface area contributed by atoms with Gasteiger partial charge in [0, 0.05) is 19.6 Å². The Morgan fingerprint density at radius 3 is 2.53 bits per heavy atom. The molecule has 1 heterocycles. The van der Waals surface area contributed by atoms with Crippen molar-refractivity contribution < 1.29 is 4.79 Å². The van der Waals surface area contributed by atoms with Crippen molar-refractivity contribution in [1.29, 1.82) is 0 Å². The van der Waals surface area contributed by atoms with E-state index < -0.39 is 0 Å². The van der Waals surface area contributed by atoms with Gasteiger partial charge in [-0.1, -0.05) is 33.1 Å². The lowest BCUT2D eigenvalue weighted by atomic mass is 9.99. The minimum Gasteiger partial charge on any atom is -0.338 e. The summed E-state index contributed by atoms with van der Waals surface area (Å²) >= 11 is 0. The van der Waals surface area contributed by atoms with E-state index in [1.54, 1.807) is 0 Å². The SMILES string of the molecule is CCCCC(CC)CNC(=O)N1CCCCC1. The molecule has 0 spiro atoms. The highest BCUT2D eigenvalue weighted by Crippen LogP contribution is 2.12. The molecule has 3 nitrogen and oxygen atoms in total. The molecule has 1 unspecified atom stereocenters. The van der Waals surface area contributed by atoms with Crippen LogP contribution < -0.4 is 5.32 Å². The van der Waals surface area contributed by atoms with Crippen molar-refractivity contribution in [3.05, 3.63) is 0 Å². The Balaban J connectivity index is 2.20. The van der Waals surface area contributed by atoms with Crippen LogP contribution in [-0.4, -0.2) is 30.6 Å². The number of amides is 2. The van der Waals surface area contributed by atoms with E-state index in [2.05, 4.69) is 19.2 Å². The second kappa shape index (κ2) is 8.37. The Kier molecular flexibility index (Phi) is 7.06. The molecule has 0 aromatic rings. The van der Waals surface area contributed by atoms with E-state index in [1.807, 2.05) is 4.90 Å². The smallest absolute Gasteiger partial charge is 0.317 e. The maximum atomic E-state index is 11.9. The monoisotopic (exact) mass is 240 g/mol. The minimum absolute atomic E-state index is 0.152. The van der Waals surface area contributed by atoms with E-state index in [-0.39, 0.29) is 6.03 Å². The molecule has 1 aliphatic heterocycles. The fraction of sp³-hybridized carbons (Fsp3) is 0.929. The summed E-state index contributed by atoms with van der Waals surface area (Å²) in [7, 11) is 0. The summed E-state index contributed by atoms with van der Waals surface area (Å²) in [5, 5.41) is 3.10. The van der Waals surface area contributed by atoms with E-state index in [0.717, 1.165) is 19.6 Å². The molecule has 17 heavy (non-hydrogen) atoms. The second-order valence-corrected chi connectivity index (χ2v) is 5.15. The van der Waals surface area contributed by atoms with Gasteiger partial charge in [-0.15, -0.1) is 0 Å². The molecule has 0 radical (unpaired) electrons. The van der Waals surface area contributed by atoms with Crippen LogP contribution in [0.25, 0.3) is 0 Å². The quantitative estimate of drug-likeness (QED) is 0.758. The van der Waals surface area contributed by atoms with E-state index in [1.165, 1.54) is 44.9 Å². The molecule has 1 atom stereocenters. The van der Waals surface area contributed by atoms with Gasteiger partial charge in [-0.05, 0) is 31.6 Å². The number of carbonyl (C=O) groups excluding carboxylic acids is 1. The van der Waals surface area contributed by atoms with E-state index in [9.17, 15) is 4.79 Å². The largest absolute Gasteiger partial charge is 0.338 e. The number of rotatable bonds is 6. The third-order valence-electron chi connectivity index (χ3n) is 3.73. The van der Waals surface area contributed by atoms with Gasteiger partial charge in [0.15, 0.2) is 0 Å². The number of piperidine rings is 1. The highest BCUT2D eigenvalue weighted by molar-refractivity contribution is 5.74.